The summed E-state index contributed by atoms with van der Waals surface area (Å²) in [4.78, 5) is 27.5. The fourth-order valence-corrected chi connectivity index (χ4v) is 1.86. The van der Waals surface area contributed by atoms with Crippen molar-refractivity contribution in [1.82, 2.24) is 0 Å². The van der Waals surface area contributed by atoms with Crippen molar-refractivity contribution in [3.63, 3.8) is 0 Å². The van der Waals surface area contributed by atoms with Crippen molar-refractivity contribution >= 4 is 34.9 Å². The van der Waals surface area contributed by atoms with E-state index >= 15 is 0 Å². The Morgan fingerprint density at radius 1 is 1.58 bits per heavy atom. The second kappa shape index (κ2) is 5.84. The first-order valence-corrected chi connectivity index (χ1v) is 6.16. The van der Waals surface area contributed by atoms with Crippen molar-refractivity contribution in [2.45, 2.75) is 6.92 Å². The summed E-state index contributed by atoms with van der Waals surface area (Å²) >= 11 is 5.84. The maximum Gasteiger partial charge on any atom is 0.326 e. The van der Waals surface area contributed by atoms with Crippen molar-refractivity contribution < 1.29 is 19.1 Å². The molecule has 5 nitrogen and oxygen atoms in total. The first-order valence-electron chi connectivity index (χ1n) is 5.78. The van der Waals surface area contributed by atoms with E-state index in [1.54, 1.807) is 31.2 Å². The van der Waals surface area contributed by atoms with Crippen LogP contribution < -0.4 is 0 Å². The van der Waals surface area contributed by atoms with Gasteiger partial charge in [0, 0.05) is 5.02 Å². The van der Waals surface area contributed by atoms with Gasteiger partial charge in [0.2, 0.25) is 5.90 Å². The number of nitrogens with zero attached hydrogens (tertiary/aromatic N) is 1. The van der Waals surface area contributed by atoms with Gasteiger partial charge in [-0.3, -0.25) is 9.59 Å². The molecule has 0 N–H and O–H groups in total. The highest BCUT2D eigenvalue weighted by molar-refractivity contribution is 6.30. The molecular weight excluding hydrogens is 270 g/mol. The number of rotatable bonds is 3. The number of ether oxygens (including phenoxy) is 2. The van der Waals surface area contributed by atoms with Gasteiger partial charge in [0.05, 0.1) is 12.3 Å². The molecule has 0 aliphatic carbocycles. The first-order chi connectivity index (χ1) is 9.11. The van der Waals surface area contributed by atoms with Crippen LogP contribution in [0, 0.1) is 5.92 Å². The van der Waals surface area contributed by atoms with Crippen LogP contribution in [0.15, 0.2) is 29.3 Å². The van der Waals surface area contributed by atoms with Gasteiger partial charge in [-0.25, -0.2) is 4.99 Å². The molecule has 1 unspecified atom stereocenters. The summed E-state index contributed by atoms with van der Waals surface area (Å²) in [5, 5.41) is 0.513. The van der Waals surface area contributed by atoms with Gasteiger partial charge in [0.15, 0.2) is 11.7 Å². The summed E-state index contributed by atoms with van der Waals surface area (Å²) < 4.78 is 9.99. The number of hydrogen-bond donors (Lipinski definition) is 0. The number of ketones is 1. The van der Waals surface area contributed by atoms with E-state index in [-0.39, 0.29) is 24.9 Å². The lowest BCUT2D eigenvalue weighted by atomic mass is 10.1. The molecular formula is C13H12ClNO4. The van der Waals surface area contributed by atoms with Crippen molar-refractivity contribution in [1.29, 1.82) is 0 Å². The quantitative estimate of drug-likeness (QED) is 0.629. The first kappa shape index (κ1) is 13.5. The highest BCUT2D eigenvalue weighted by Gasteiger charge is 2.40. The number of carbonyl (C=O) groups excluding carboxylic acids is 2. The van der Waals surface area contributed by atoms with Gasteiger partial charge in [-0.1, -0.05) is 17.7 Å². The zero-order valence-corrected chi connectivity index (χ0v) is 11.0. The maximum absolute atomic E-state index is 11.7. The summed E-state index contributed by atoms with van der Waals surface area (Å²) in [6.45, 7) is 1.71. The number of esters is 1. The smallest absolute Gasteiger partial charge is 0.326 e. The molecule has 1 atom stereocenters. The standard InChI is InChI=1S/C13H12ClNO4/c1-2-18-13(17)11-10(16)7-19-12(11)15-9-5-3-4-8(14)6-9/h3-6,11H,2,7H2,1H3. The lowest BCUT2D eigenvalue weighted by Crippen LogP contribution is -2.27. The lowest BCUT2D eigenvalue weighted by Gasteiger charge is -2.07. The van der Waals surface area contributed by atoms with Crippen molar-refractivity contribution in [3.8, 4) is 0 Å². The van der Waals surface area contributed by atoms with E-state index in [1.165, 1.54) is 0 Å². The van der Waals surface area contributed by atoms with Gasteiger partial charge in [0.1, 0.15) is 6.61 Å². The highest BCUT2D eigenvalue weighted by atomic mass is 35.5. The molecule has 0 bridgehead atoms. The maximum atomic E-state index is 11.7. The van der Waals surface area contributed by atoms with Gasteiger partial charge in [0.25, 0.3) is 0 Å². The number of hydrogen-bond acceptors (Lipinski definition) is 5. The van der Waals surface area contributed by atoms with Crippen LogP contribution in [0.3, 0.4) is 0 Å². The topological polar surface area (TPSA) is 65.0 Å². The third-order valence-electron chi connectivity index (χ3n) is 2.50. The average molecular weight is 282 g/mol. The molecule has 0 aromatic heterocycles. The molecule has 1 saturated heterocycles. The van der Waals surface area contributed by atoms with E-state index in [0.717, 1.165) is 0 Å². The Morgan fingerprint density at radius 2 is 2.37 bits per heavy atom. The van der Waals surface area contributed by atoms with Crippen LogP contribution in [0.5, 0.6) is 0 Å². The van der Waals surface area contributed by atoms with Crippen LogP contribution in [0.1, 0.15) is 6.92 Å². The Hall–Kier alpha value is -1.88. The van der Waals surface area contributed by atoms with Crippen LogP contribution in [-0.2, 0) is 19.1 Å². The van der Waals surface area contributed by atoms with Crippen molar-refractivity contribution in [2.75, 3.05) is 13.2 Å². The molecule has 19 heavy (non-hydrogen) atoms. The number of Topliss-reactive ketones (excluding diaryl/α,β-unsaturated/α-hetero) is 1. The normalized spacial score (nSPS) is 20.4. The minimum absolute atomic E-state index is 0.0608. The van der Waals surface area contributed by atoms with Crippen LogP contribution in [0.2, 0.25) is 5.02 Å². The molecule has 100 valence electrons. The zero-order valence-electron chi connectivity index (χ0n) is 10.3. The van der Waals surface area contributed by atoms with E-state index in [2.05, 4.69) is 4.99 Å². The third kappa shape index (κ3) is 3.12. The Labute approximate surface area is 115 Å². The summed E-state index contributed by atoms with van der Waals surface area (Å²) in [6.07, 6.45) is 0. The van der Waals surface area contributed by atoms with Crippen molar-refractivity contribution in [2.24, 2.45) is 10.9 Å². The number of carbonyl (C=O) groups is 2. The van der Waals surface area contributed by atoms with Crippen LogP contribution >= 0.6 is 11.6 Å². The molecule has 1 aromatic carbocycles. The predicted octanol–water partition coefficient (Wildman–Crippen LogP) is 2.15. The third-order valence-corrected chi connectivity index (χ3v) is 2.74. The second-order valence-electron chi connectivity index (χ2n) is 3.87. The summed E-state index contributed by atoms with van der Waals surface area (Å²) in [5.41, 5.74) is 0.520. The van der Waals surface area contributed by atoms with Gasteiger partial charge in [-0.15, -0.1) is 0 Å². The van der Waals surface area contributed by atoms with E-state index < -0.39 is 11.9 Å². The molecule has 0 amide bonds. The van der Waals surface area contributed by atoms with Gasteiger partial charge >= 0.3 is 5.97 Å². The van der Waals surface area contributed by atoms with Crippen LogP contribution in [-0.4, -0.2) is 30.9 Å². The Kier molecular flexibility index (Phi) is 4.16. The SMILES string of the molecule is CCOC(=O)C1C(=O)COC1=Nc1cccc(Cl)c1. The molecule has 2 rings (SSSR count). The Morgan fingerprint density at radius 3 is 3.05 bits per heavy atom. The number of aliphatic imine (C=N–C) groups is 1. The predicted molar refractivity (Wildman–Crippen MR) is 69.6 cm³/mol. The second-order valence-corrected chi connectivity index (χ2v) is 4.31. The summed E-state index contributed by atoms with van der Waals surface area (Å²) in [5.74, 6) is -1.99. The lowest BCUT2D eigenvalue weighted by molar-refractivity contribution is -0.147. The van der Waals surface area contributed by atoms with E-state index in [4.69, 9.17) is 21.1 Å². The highest BCUT2D eigenvalue weighted by Crippen LogP contribution is 2.22. The van der Waals surface area contributed by atoms with E-state index in [1.807, 2.05) is 0 Å². The largest absolute Gasteiger partial charge is 0.472 e. The molecule has 0 saturated carbocycles. The molecule has 6 heteroatoms. The molecule has 1 fully saturated rings. The van der Waals surface area contributed by atoms with Crippen LogP contribution in [0.25, 0.3) is 0 Å². The fraction of sp³-hybridized carbons (Fsp3) is 0.308. The molecule has 1 aliphatic rings. The minimum Gasteiger partial charge on any atom is -0.472 e. The zero-order chi connectivity index (χ0) is 13.8. The summed E-state index contributed by atoms with van der Waals surface area (Å²) in [6, 6.07) is 6.74. The molecule has 1 aromatic rings. The van der Waals surface area contributed by atoms with E-state index in [9.17, 15) is 9.59 Å². The van der Waals surface area contributed by atoms with Gasteiger partial charge in [-0.05, 0) is 25.1 Å². The molecule has 0 spiro atoms. The number of benzene rings is 1. The number of halogens is 1. The monoisotopic (exact) mass is 281 g/mol. The van der Waals surface area contributed by atoms with Crippen LogP contribution in [0.4, 0.5) is 5.69 Å². The van der Waals surface area contributed by atoms with Gasteiger partial charge < -0.3 is 9.47 Å². The fourth-order valence-electron chi connectivity index (χ4n) is 1.68. The molecule has 0 radical (unpaired) electrons. The van der Waals surface area contributed by atoms with Crippen molar-refractivity contribution in [3.05, 3.63) is 29.3 Å². The minimum atomic E-state index is -1.07. The molecule has 1 aliphatic heterocycles. The van der Waals surface area contributed by atoms with Gasteiger partial charge in [-0.2, -0.15) is 0 Å². The summed E-state index contributed by atoms with van der Waals surface area (Å²) in [7, 11) is 0. The molecule has 1 heterocycles. The average Bonchev–Trinajstić information content (AvgIpc) is 2.71. The Bertz CT molecular complexity index is 541. The Balaban J connectivity index is 2.27. The van der Waals surface area contributed by atoms with E-state index in [0.29, 0.717) is 10.7 Å².